The van der Waals surface area contributed by atoms with Crippen LogP contribution in [0.1, 0.15) is 32.6 Å². The lowest BCUT2D eigenvalue weighted by molar-refractivity contribution is -0.120. The van der Waals surface area contributed by atoms with Crippen LogP contribution in [-0.4, -0.2) is 29.9 Å². The van der Waals surface area contributed by atoms with Crippen molar-refractivity contribution in [1.82, 2.24) is 4.90 Å². The summed E-state index contributed by atoms with van der Waals surface area (Å²) in [5, 5.41) is 5.46. The predicted molar refractivity (Wildman–Crippen MR) is 99.1 cm³/mol. The zero-order valence-corrected chi connectivity index (χ0v) is 14.4. The van der Waals surface area contributed by atoms with E-state index in [9.17, 15) is 4.79 Å². The first kappa shape index (κ1) is 15.6. The first-order valence-electron chi connectivity index (χ1n) is 9.24. The van der Waals surface area contributed by atoms with Crippen LogP contribution in [0.4, 0.5) is 5.69 Å². The van der Waals surface area contributed by atoms with Crippen LogP contribution in [0.3, 0.4) is 0 Å². The molecule has 0 bridgehead atoms. The Hall–Kier alpha value is -1.87. The zero-order valence-electron chi connectivity index (χ0n) is 14.4. The van der Waals surface area contributed by atoms with Crippen molar-refractivity contribution in [3.05, 3.63) is 42.5 Å². The van der Waals surface area contributed by atoms with Crippen LogP contribution >= 0.6 is 0 Å². The Morgan fingerprint density at radius 2 is 1.88 bits per heavy atom. The number of hydrogen-bond acceptors (Lipinski definition) is 2. The van der Waals surface area contributed by atoms with Crippen LogP contribution in [0.2, 0.25) is 0 Å². The van der Waals surface area contributed by atoms with Gasteiger partial charge in [0.2, 0.25) is 5.91 Å². The fraction of sp³-hybridized carbons (Fsp3) is 0.476. The molecule has 0 aromatic heterocycles. The molecule has 2 atom stereocenters. The lowest BCUT2D eigenvalue weighted by atomic mass is 9.75. The first-order valence-corrected chi connectivity index (χ1v) is 9.24. The van der Waals surface area contributed by atoms with Gasteiger partial charge in [0, 0.05) is 12.2 Å². The lowest BCUT2D eigenvalue weighted by Gasteiger charge is -2.32. The van der Waals surface area contributed by atoms with Crippen LogP contribution < -0.4 is 5.32 Å². The molecule has 2 aromatic carbocycles. The van der Waals surface area contributed by atoms with Crippen LogP contribution in [0.5, 0.6) is 0 Å². The van der Waals surface area contributed by atoms with Crippen molar-refractivity contribution in [2.45, 2.75) is 38.6 Å². The van der Waals surface area contributed by atoms with Gasteiger partial charge in [-0.1, -0.05) is 49.6 Å². The van der Waals surface area contributed by atoms with E-state index < -0.39 is 0 Å². The normalized spacial score (nSPS) is 23.1. The molecule has 2 unspecified atom stereocenters. The standard InChI is InChI=1S/C21H26N2O/c1-15(23-12-11-19(14-23)16-7-4-8-16)21(24)22-20-10-9-17-5-2-3-6-18(17)13-20/h2-3,5-6,9-10,13,15-16,19H,4,7-8,11-12,14H2,1H3,(H,22,24). The molecule has 126 valence electrons. The largest absolute Gasteiger partial charge is 0.325 e. The zero-order chi connectivity index (χ0) is 16.5. The molecule has 2 fully saturated rings. The van der Waals surface area contributed by atoms with E-state index in [-0.39, 0.29) is 11.9 Å². The van der Waals surface area contributed by atoms with E-state index in [1.54, 1.807) is 0 Å². The minimum atomic E-state index is -0.0541. The number of carbonyl (C=O) groups excluding carboxylic acids is 1. The van der Waals surface area contributed by atoms with E-state index in [1.165, 1.54) is 31.1 Å². The molecule has 1 heterocycles. The summed E-state index contributed by atoms with van der Waals surface area (Å²) in [6, 6.07) is 14.3. The highest BCUT2D eigenvalue weighted by molar-refractivity contribution is 5.97. The molecular weight excluding hydrogens is 296 g/mol. The average Bonchev–Trinajstić information content (AvgIpc) is 3.01. The average molecular weight is 322 g/mol. The summed E-state index contributed by atoms with van der Waals surface area (Å²) in [6.07, 6.45) is 5.46. The molecule has 2 aromatic rings. The second kappa shape index (κ2) is 6.56. The van der Waals surface area contributed by atoms with E-state index in [1.807, 2.05) is 25.1 Å². The molecule has 4 rings (SSSR count). The fourth-order valence-corrected chi connectivity index (χ4v) is 4.14. The van der Waals surface area contributed by atoms with Gasteiger partial charge >= 0.3 is 0 Å². The lowest BCUT2D eigenvalue weighted by Crippen LogP contribution is -2.41. The van der Waals surface area contributed by atoms with Gasteiger partial charge in [0.15, 0.2) is 0 Å². The maximum atomic E-state index is 12.6. The number of benzene rings is 2. The minimum absolute atomic E-state index is 0.0541. The van der Waals surface area contributed by atoms with Crippen molar-refractivity contribution >= 4 is 22.4 Å². The highest BCUT2D eigenvalue weighted by atomic mass is 16.2. The maximum Gasteiger partial charge on any atom is 0.241 e. The van der Waals surface area contributed by atoms with Crippen molar-refractivity contribution in [3.8, 4) is 0 Å². The Balaban J connectivity index is 1.39. The van der Waals surface area contributed by atoms with Crippen LogP contribution in [0.25, 0.3) is 10.8 Å². The number of fused-ring (bicyclic) bond motifs is 1. The summed E-state index contributed by atoms with van der Waals surface area (Å²) in [5.41, 5.74) is 0.889. The first-order chi connectivity index (χ1) is 11.7. The monoisotopic (exact) mass is 322 g/mol. The Kier molecular flexibility index (Phi) is 4.28. The smallest absolute Gasteiger partial charge is 0.241 e. The molecule has 1 aliphatic heterocycles. The van der Waals surface area contributed by atoms with Gasteiger partial charge in [0.25, 0.3) is 0 Å². The second-order valence-corrected chi connectivity index (χ2v) is 7.46. The molecule has 1 saturated heterocycles. The van der Waals surface area contributed by atoms with Gasteiger partial charge in [-0.3, -0.25) is 9.69 Å². The third-order valence-corrected chi connectivity index (χ3v) is 6.02. The Labute approximate surface area is 144 Å². The number of hydrogen-bond donors (Lipinski definition) is 1. The molecule has 3 nitrogen and oxygen atoms in total. The number of likely N-dealkylation sites (tertiary alicyclic amines) is 1. The Morgan fingerprint density at radius 1 is 1.08 bits per heavy atom. The SMILES string of the molecule is CC(C(=O)Nc1ccc2ccccc2c1)N1CCC(C2CCC2)C1. The molecule has 1 saturated carbocycles. The molecule has 3 heteroatoms. The van der Waals surface area contributed by atoms with E-state index in [0.717, 1.165) is 36.0 Å². The summed E-state index contributed by atoms with van der Waals surface area (Å²) >= 11 is 0. The summed E-state index contributed by atoms with van der Waals surface area (Å²) < 4.78 is 0. The van der Waals surface area contributed by atoms with Crippen LogP contribution in [-0.2, 0) is 4.79 Å². The van der Waals surface area contributed by atoms with E-state index in [0.29, 0.717) is 0 Å². The van der Waals surface area contributed by atoms with Crippen molar-refractivity contribution in [2.75, 3.05) is 18.4 Å². The summed E-state index contributed by atoms with van der Waals surface area (Å²) in [6.45, 7) is 4.20. The van der Waals surface area contributed by atoms with Crippen LogP contribution in [0, 0.1) is 11.8 Å². The van der Waals surface area contributed by atoms with E-state index >= 15 is 0 Å². The van der Waals surface area contributed by atoms with Crippen molar-refractivity contribution < 1.29 is 4.79 Å². The Morgan fingerprint density at radius 3 is 2.62 bits per heavy atom. The molecule has 24 heavy (non-hydrogen) atoms. The second-order valence-electron chi connectivity index (χ2n) is 7.46. The van der Waals surface area contributed by atoms with Crippen molar-refractivity contribution in [2.24, 2.45) is 11.8 Å². The molecule has 1 aliphatic carbocycles. The fourth-order valence-electron chi connectivity index (χ4n) is 4.14. The summed E-state index contributed by atoms with van der Waals surface area (Å²) in [7, 11) is 0. The number of amides is 1. The molecule has 1 amide bonds. The number of carbonyl (C=O) groups is 1. The van der Waals surface area contributed by atoms with Crippen molar-refractivity contribution in [3.63, 3.8) is 0 Å². The Bertz CT molecular complexity index is 737. The third-order valence-electron chi connectivity index (χ3n) is 6.02. The van der Waals surface area contributed by atoms with E-state index in [4.69, 9.17) is 0 Å². The van der Waals surface area contributed by atoms with Gasteiger partial charge in [-0.05, 0) is 54.6 Å². The molecule has 1 N–H and O–H groups in total. The maximum absolute atomic E-state index is 12.6. The molecule has 2 aliphatic rings. The van der Waals surface area contributed by atoms with Gasteiger partial charge < -0.3 is 5.32 Å². The van der Waals surface area contributed by atoms with Crippen molar-refractivity contribution in [1.29, 1.82) is 0 Å². The van der Waals surface area contributed by atoms with E-state index in [2.05, 4.69) is 34.5 Å². The quantitative estimate of drug-likeness (QED) is 0.911. The number of anilines is 1. The number of nitrogens with zero attached hydrogens (tertiary/aromatic N) is 1. The van der Waals surface area contributed by atoms with Gasteiger partial charge in [-0.2, -0.15) is 0 Å². The van der Waals surface area contributed by atoms with Gasteiger partial charge in [0.1, 0.15) is 0 Å². The third kappa shape index (κ3) is 3.05. The van der Waals surface area contributed by atoms with Gasteiger partial charge in [-0.15, -0.1) is 0 Å². The summed E-state index contributed by atoms with van der Waals surface area (Å²) in [4.78, 5) is 15.0. The van der Waals surface area contributed by atoms with Gasteiger partial charge in [0.05, 0.1) is 6.04 Å². The number of rotatable bonds is 4. The minimum Gasteiger partial charge on any atom is -0.325 e. The topological polar surface area (TPSA) is 32.3 Å². The number of nitrogens with one attached hydrogen (secondary N) is 1. The van der Waals surface area contributed by atoms with Gasteiger partial charge in [-0.25, -0.2) is 0 Å². The molecule has 0 spiro atoms. The highest BCUT2D eigenvalue weighted by Crippen LogP contribution is 2.38. The predicted octanol–water partition coefficient (Wildman–Crippen LogP) is 4.29. The summed E-state index contributed by atoms with van der Waals surface area (Å²) in [5.74, 6) is 1.85. The highest BCUT2D eigenvalue weighted by Gasteiger charge is 2.35. The molecular formula is C21H26N2O. The molecule has 0 radical (unpaired) electrons. The van der Waals surface area contributed by atoms with Crippen LogP contribution in [0.15, 0.2) is 42.5 Å².